The van der Waals surface area contributed by atoms with Crippen molar-refractivity contribution in [1.29, 1.82) is 0 Å². The molecule has 3 aromatic rings. The number of esters is 1. The van der Waals surface area contributed by atoms with Crippen molar-refractivity contribution in [3.63, 3.8) is 0 Å². The van der Waals surface area contributed by atoms with Gasteiger partial charge in [0.05, 0.1) is 23.1 Å². The van der Waals surface area contributed by atoms with Crippen LogP contribution in [0.15, 0.2) is 42.5 Å². The summed E-state index contributed by atoms with van der Waals surface area (Å²) < 4.78 is 20.3. The molecule has 1 aliphatic carbocycles. The molecule has 1 aromatic heterocycles. The van der Waals surface area contributed by atoms with E-state index in [-0.39, 0.29) is 36.0 Å². The van der Waals surface area contributed by atoms with Crippen LogP contribution in [0.2, 0.25) is 0 Å². The number of hydrogen-bond donors (Lipinski definition) is 2. The third kappa shape index (κ3) is 6.04. The lowest BCUT2D eigenvalue weighted by Crippen LogP contribution is -2.50. The van der Waals surface area contributed by atoms with Gasteiger partial charge in [-0.05, 0) is 61.3 Å². The molecule has 6 nitrogen and oxygen atoms in total. The molecule has 0 saturated heterocycles. The van der Waals surface area contributed by atoms with Crippen LogP contribution in [0.5, 0.6) is 0 Å². The van der Waals surface area contributed by atoms with E-state index in [1.807, 2.05) is 38.1 Å². The molecule has 1 aliphatic rings. The summed E-state index contributed by atoms with van der Waals surface area (Å²) in [4.78, 5) is 23.2. The number of carbonyl (C=O) groups is 1. The van der Waals surface area contributed by atoms with Gasteiger partial charge in [-0.1, -0.05) is 45.9 Å². The number of H-pyrrole nitrogens is 1. The second-order valence-corrected chi connectivity index (χ2v) is 11.2. The van der Waals surface area contributed by atoms with Crippen LogP contribution in [0, 0.1) is 17.7 Å². The van der Waals surface area contributed by atoms with E-state index in [4.69, 9.17) is 4.74 Å². The minimum absolute atomic E-state index is 0.134. The highest BCUT2D eigenvalue weighted by atomic mass is 19.1. The van der Waals surface area contributed by atoms with Gasteiger partial charge in [0.15, 0.2) is 0 Å². The largest absolute Gasteiger partial charge is 0.458 e. The van der Waals surface area contributed by atoms with E-state index in [9.17, 15) is 14.3 Å². The lowest BCUT2D eigenvalue weighted by Gasteiger charge is -2.48. The Balaban J connectivity index is 1.49. The summed E-state index contributed by atoms with van der Waals surface area (Å²) in [7, 11) is 2.07. The molecule has 0 bridgehead atoms. The smallest absolute Gasteiger partial charge is 0.308 e. The number of aliphatic hydroxyl groups excluding tert-OH is 1. The summed E-state index contributed by atoms with van der Waals surface area (Å²) in [5.74, 6) is 0.0642. The first kappa shape index (κ1) is 27.3. The molecule has 7 heteroatoms. The van der Waals surface area contributed by atoms with Gasteiger partial charge < -0.3 is 19.7 Å². The van der Waals surface area contributed by atoms with E-state index in [0.29, 0.717) is 18.5 Å². The Morgan fingerprint density at radius 2 is 1.95 bits per heavy atom. The number of aromatic amines is 1. The zero-order valence-corrected chi connectivity index (χ0v) is 22.6. The van der Waals surface area contributed by atoms with Crippen molar-refractivity contribution >= 4 is 17.0 Å². The fourth-order valence-electron chi connectivity index (χ4n) is 5.80. The standard InChI is InChI=1S/C30H40FN3O3/c1-19(2)28-22-13-12-21(31)17-23(22)26(35)18-30(28,37-29(36)20(3)4)14-16-34(5)15-8-11-27-32-24-9-6-7-10-25(24)33-27/h6-7,9-10,12-13,17,19-20,26,28,35H,8,11,14-16,18H2,1-5H3,(H,32,33)/t26-,28+,30-/m1/s1. The first-order chi connectivity index (χ1) is 17.6. The third-order valence-electron chi connectivity index (χ3n) is 7.60. The molecule has 2 aromatic carbocycles. The van der Waals surface area contributed by atoms with E-state index >= 15 is 0 Å². The number of carbonyl (C=O) groups excluding carboxylic acids is 1. The Morgan fingerprint density at radius 3 is 2.65 bits per heavy atom. The lowest BCUT2D eigenvalue weighted by molar-refractivity contribution is -0.176. The van der Waals surface area contributed by atoms with E-state index in [1.54, 1.807) is 6.07 Å². The average molecular weight is 510 g/mol. The number of imidazole rings is 1. The minimum Gasteiger partial charge on any atom is -0.458 e. The van der Waals surface area contributed by atoms with Crippen molar-refractivity contribution in [2.45, 2.75) is 71.0 Å². The van der Waals surface area contributed by atoms with Gasteiger partial charge in [0.25, 0.3) is 0 Å². The fourth-order valence-corrected chi connectivity index (χ4v) is 5.80. The molecule has 2 N–H and O–H groups in total. The van der Waals surface area contributed by atoms with Crippen LogP contribution >= 0.6 is 0 Å². The van der Waals surface area contributed by atoms with E-state index in [1.165, 1.54) is 12.1 Å². The molecule has 0 amide bonds. The van der Waals surface area contributed by atoms with Crippen molar-refractivity contribution in [2.24, 2.45) is 11.8 Å². The summed E-state index contributed by atoms with van der Waals surface area (Å²) in [6, 6.07) is 12.7. The summed E-state index contributed by atoms with van der Waals surface area (Å²) in [6.45, 7) is 9.43. The Labute approximate surface area is 219 Å². The normalized spacial score (nSPS) is 21.7. The zero-order valence-electron chi connectivity index (χ0n) is 22.6. The Bertz CT molecular complexity index is 1190. The maximum atomic E-state index is 14.1. The maximum Gasteiger partial charge on any atom is 0.308 e. The lowest BCUT2D eigenvalue weighted by atomic mass is 9.64. The number of hydrogen-bond acceptors (Lipinski definition) is 5. The molecular formula is C30H40FN3O3. The fraction of sp³-hybridized carbons (Fsp3) is 0.533. The molecule has 0 fully saturated rings. The number of aromatic nitrogens is 2. The van der Waals surface area contributed by atoms with Gasteiger partial charge in [-0.3, -0.25) is 4.79 Å². The van der Waals surface area contributed by atoms with E-state index in [2.05, 4.69) is 35.8 Å². The molecule has 0 aliphatic heterocycles. The molecule has 0 saturated carbocycles. The average Bonchev–Trinajstić information content (AvgIpc) is 3.26. The third-order valence-corrected chi connectivity index (χ3v) is 7.60. The summed E-state index contributed by atoms with van der Waals surface area (Å²) >= 11 is 0. The van der Waals surface area contributed by atoms with Gasteiger partial charge in [0, 0.05) is 31.7 Å². The van der Waals surface area contributed by atoms with Gasteiger partial charge in [0.1, 0.15) is 17.2 Å². The van der Waals surface area contributed by atoms with Gasteiger partial charge in [-0.25, -0.2) is 9.37 Å². The van der Waals surface area contributed by atoms with Crippen LogP contribution in [-0.4, -0.2) is 51.7 Å². The number of rotatable bonds is 10. The second-order valence-electron chi connectivity index (χ2n) is 11.2. The molecule has 0 unspecified atom stereocenters. The Kier molecular flexibility index (Phi) is 8.34. The van der Waals surface area contributed by atoms with Crippen molar-refractivity contribution in [2.75, 3.05) is 20.1 Å². The van der Waals surface area contributed by atoms with Crippen molar-refractivity contribution in [3.8, 4) is 0 Å². The number of nitrogens with zero attached hydrogens (tertiary/aromatic N) is 2. The van der Waals surface area contributed by atoms with Crippen LogP contribution in [0.4, 0.5) is 4.39 Å². The first-order valence-corrected chi connectivity index (χ1v) is 13.4. The number of halogens is 1. The summed E-state index contributed by atoms with van der Waals surface area (Å²) in [6.07, 6.45) is 1.74. The highest BCUT2D eigenvalue weighted by molar-refractivity contribution is 5.74. The van der Waals surface area contributed by atoms with Crippen LogP contribution in [0.1, 0.15) is 75.9 Å². The summed E-state index contributed by atoms with van der Waals surface area (Å²) in [5, 5.41) is 11.1. The van der Waals surface area contributed by atoms with E-state index in [0.717, 1.165) is 41.8 Å². The Hall–Kier alpha value is -2.77. The number of aryl methyl sites for hydroxylation is 1. The number of para-hydroxylation sites is 2. The van der Waals surface area contributed by atoms with Gasteiger partial charge in [-0.15, -0.1) is 0 Å². The van der Waals surface area contributed by atoms with E-state index < -0.39 is 11.7 Å². The van der Waals surface area contributed by atoms with Gasteiger partial charge in [0.2, 0.25) is 0 Å². The highest BCUT2D eigenvalue weighted by Crippen LogP contribution is 2.51. The molecule has 0 spiro atoms. The maximum absolute atomic E-state index is 14.1. The molecule has 200 valence electrons. The van der Waals surface area contributed by atoms with Crippen LogP contribution < -0.4 is 0 Å². The second kappa shape index (κ2) is 11.3. The van der Waals surface area contributed by atoms with Crippen LogP contribution in [0.25, 0.3) is 11.0 Å². The first-order valence-electron chi connectivity index (χ1n) is 13.4. The molecule has 3 atom stereocenters. The zero-order chi connectivity index (χ0) is 26.7. The van der Waals surface area contributed by atoms with Gasteiger partial charge >= 0.3 is 5.97 Å². The van der Waals surface area contributed by atoms with Crippen molar-refractivity contribution in [1.82, 2.24) is 14.9 Å². The molecule has 4 rings (SSSR count). The molecule has 37 heavy (non-hydrogen) atoms. The predicted molar refractivity (Wildman–Crippen MR) is 144 cm³/mol. The predicted octanol–water partition coefficient (Wildman–Crippen LogP) is 5.77. The number of aliphatic hydroxyl groups is 1. The monoisotopic (exact) mass is 509 g/mol. The molecule has 1 heterocycles. The van der Waals surface area contributed by atoms with Gasteiger partial charge in [-0.2, -0.15) is 0 Å². The minimum atomic E-state index is -0.890. The number of ether oxygens (including phenoxy) is 1. The Morgan fingerprint density at radius 1 is 1.19 bits per heavy atom. The van der Waals surface area contributed by atoms with Crippen LogP contribution in [-0.2, 0) is 16.0 Å². The SMILES string of the molecule is CC(C)C(=O)O[C@]1(CCN(C)CCCc2nc3ccccc3[nH]2)C[C@@H](O)c2cc(F)ccc2[C@@H]1C(C)C. The van der Waals surface area contributed by atoms with Crippen molar-refractivity contribution < 1.29 is 19.0 Å². The molecular weight excluding hydrogens is 469 g/mol. The summed E-state index contributed by atoms with van der Waals surface area (Å²) in [5.41, 5.74) is 2.65. The molecule has 0 radical (unpaired) electrons. The highest BCUT2D eigenvalue weighted by Gasteiger charge is 2.50. The number of benzene rings is 2. The quantitative estimate of drug-likeness (QED) is 0.339. The number of fused-ring (bicyclic) bond motifs is 2. The topological polar surface area (TPSA) is 78.5 Å². The van der Waals surface area contributed by atoms with Crippen LogP contribution in [0.3, 0.4) is 0 Å². The number of nitrogens with one attached hydrogen (secondary N) is 1. The van der Waals surface area contributed by atoms with Crippen molar-refractivity contribution in [3.05, 3.63) is 65.2 Å².